The van der Waals surface area contributed by atoms with Crippen LogP contribution in [0.3, 0.4) is 0 Å². The van der Waals surface area contributed by atoms with Gasteiger partial charge in [0.05, 0.1) is 18.7 Å². The van der Waals surface area contributed by atoms with Crippen molar-refractivity contribution in [3.63, 3.8) is 0 Å². The number of hydrogen-bond donors (Lipinski definition) is 0. The van der Waals surface area contributed by atoms with Crippen molar-refractivity contribution < 1.29 is 19.1 Å². The summed E-state index contributed by atoms with van der Waals surface area (Å²) in [6.07, 6.45) is 7.00. The molecule has 1 saturated heterocycles. The predicted octanol–water partition coefficient (Wildman–Crippen LogP) is 3.16. The molecule has 1 aromatic rings. The van der Waals surface area contributed by atoms with E-state index >= 15 is 0 Å². The second-order valence-electron chi connectivity index (χ2n) is 5.57. The fourth-order valence-corrected chi connectivity index (χ4v) is 2.71. The molecule has 1 aliphatic heterocycles. The van der Waals surface area contributed by atoms with Gasteiger partial charge in [0.1, 0.15) is 6.61 Å². The maximum absolute atomic E-state index is 12.2. The number of nitrogens with zero attached hydrogens (tertiary/aromatic N) is 1. The summed E-state index contributed by atoms with van der Waals surface area (Å²) < 4.78 is 10.3. The number of anilines is 1. The lowest BCUT2D eigenvalue weighted by Gasteiger charge is -2.18. The lowest BCUT2D eigenvalue weighted by atomic mass is 9.95. The predicted molar refractivity (Wildman–Crippen MR) is 81.9 cm³/mol. The number of hydrogen-bond acceptors (Lipinski definition) is 4. The summed E-state index contributed by atoms with van der Waals surface area (Å²) in [7, 11) is 0. The molecule has 5 nitrogen and oxygen atoms in total. The molecule has 1 aliphatic carbocycles. The zero-order chi connectivity index (χ0) is 15.4. The number of carbonyl (C=O) groups is 2. The minimum atomic E-state index is -0.375. The van der Waals surface area contributed by atoms with Crippen LogP contribution in [0.4, 0.5) is 10.5 Å². The van der Waals surface area contributed by atoms with E-state index < -0.39 is 0 Å². The monoisotopic (exact) mass is 301 g/mol. The van der Waals surface area contributed by atoms with Gasteiger partial charge >= 0.3 is 12.1 Å². The number of carbonyl (C=O) groups excluding carboxylic acids is 2. The standard InChI is InChI=1S/C17H19NO4/c19-16(22-12-13-5-2-1-3-6-13)14-7-4-8-15(11-14)18-9-10-21-17(18)20/h1-2,4,7-8,11,13H,3,5-6,9-10,12H2. The maximum atomic E-state index is 12.2. The van der Waals surface area contributed by atoms with Crippen molar-refractivity contribution in [2.24, 2.45) is 5.92 Å². The van der Waals surface area contributed by atoms with Crippen LogP contribution in [-0.2, 0) is 9.47 Å². The molecule has 1 fully saturated rings. The van der Waals surface area contributed by atoms with E-state index in [1.165, 1.54) is 4.90 Å². The van der Waals surface area contributed by atoms with Gasteiger partial charge in [0.15, 0.2) is 0 Å². The van der Waals surface area contributed by atoms with Gasteiger partial charge < -0.3 is 9.47 Å². The summed E-state index contributed by atoms with van der Waals surface area (Å²) in [5, 5.41) is 0. The molecule has 1 unspecified atom stereocenters. The average Bonchev–Trinajstić information content (AvgIpc) is 3.00. The molecule has 116 valence electrons. The van der Waals surface area contributed by atoms with Gasteiger partial charge in [0, 0.05) is 5.69 Å². The molecular weight excluding hydrogens is 282 g/mol. The second-order valence-corrected chi connectivity index (χ2v) is 5.57. The normalized spacial score (nSPS) is 20.8. The van der Waals surface area contributed by atoms with E-state index in [-0.39, 0.29) is 12.1 Å². The summed E-state index contributed by atoms with van der Waals surface area (Å²) in [4.78, 5) is 25.2. The fraction of sp³-hybridized carbons (Fsp3) is 0.412. The molecule has 0 saturated carbocycles. The zero-order valence-corrected chi connectivity index (χ0v) is 12.4. The highest BCUT2D eigenvalue weighted by Crippen LogP contribution is 2.22. The second kappa shape index (κ2) is 6.64. The van der Waals surface area contributed by atoms with Crippen molar-refractivity contribution in [1.82, 2.24) is 0 Å². The molecule has 1 atom stereocenters. The van der Waals surface area contributed by atoms with Crippen LogP contribution in [0, 0.1) is 5.92 Å². The van der Waals surface area contributed by atoms with Gasteiger partial charge in [-0.2, -0.15) is 0 Å². The molecule has 1 heterocycles. The van der Waals surface area contributed by atoms with Crippen molar-refractivity contribution in [2.75, 3.05) is 24.7 Å². The quantitative estimate of drug-likeness (QED) is 0.633. The molecule has 3 rings (SSSR count). The molecule has 1 amide bonds. The largest absolute Gasteiger partial charge is 0.462 e. The Balaban J connectivity index is 1.62. The first-order valence-electron chi connectivity index (χ1n) is 7.60. The number of esters is 1. The molecule has 2 aliphatic rings. The zero-order valence-electron chi connectivity index (χ0n) is 12.4. The number of ether oxygens (including phenoxy) is 2. The summed E-state index contributed by atoms with van der Waals surface area (Å²) in [5.41, 5.74) is 1.13. The first kappa shape index (κ1) is 14.6. The lowest BCUT2D eigenvalue weighted by molar-refractivity contribution is 0.0432. The Morgan fingerprint density at radius 3 is 3.00 bits per heavy atom. The van der Waals surface area contributed by atoms with Gasteiger partial charge in [0.25, 0.3) is 0 Å². The van der Waals surface area contributed by atoms with Crippen LogP contribution >= 0.6 is 0 Å². The summed E-state index contributed by atoms with van der Waals surface area (Å²) >= 11 is 0. The van der Waals surface area contributed by atoms with E-state index in [4.69, 9.17) is 9.47 Å². The Labute approximate surface area is 129 Å². The van der Waals surface area contributed by atoms with E-state index in [1.54, 1.807) is 24.3 Å². The van der Waals surface area contributed by atoms with Gasteiger partial charge in [-0.05, 0) is 43.4 Å². The third kappa shape index (κ3) is 3.30. The first-order valence-corrected chi connectivity index (χ1v) is 7.60. The van der Waals surface area contributed by atoms with E-state index in [0.29, 0.717) is 36.9 Å². The average molecular weight is 301 g/mol. The van der Waals surface area contributed by atoms with E-state index in [1.807, 2.05) is 0 Å². The van der Waals surface area contributed by atoms with Crippen LogP contribution in [0.25, 0.3) is 0 Å². The van der Waals surface area contributed by atoms with Crippen molar-refractivity contribution in [3.05, 3.63) is 42.0 Å². The van der Waals surface area contributed by atoms with Gasteiger partial charge in [-0.25, -0.2) is 9.59 Å². The Kier molecular flexibility index (Phi) is 4.42. The summed E-state index contributed by atoms with van der Waals surface area (Å²) in [6.45, 7) is 1.33. The topological polar surface area (TPSA) is 55.8 Å². The van der Waals surface area contributed by atoms with E-state index in [0.717, 1.165) is 19.3 Å². The Bertz CT molecular complexity index is 596. The third-order valence-corrected chi connectivity index (χ3v) is 3.98. The van der Waals surface area contributed by atoms with Gasteiger partial charge in [0.2, 0.25) is 0 Å². The van der Waals surface area contributed by atoms with Crippen molar-refractivity contribution in [2.45, 2.75) is 19.3 Å². The molecule has 0 radical (unpaired) electrons. The highest BCUT2D eigenvalue weighted by atomic mass is 16.6. The fourth-order valence-electron chi connectivity index (χ4n) is 2.71. The summed E-state index contributed by atoms with van der Waals surface area (Å²) in [6, 6.07) is 6.92. The first-order chi connectivity index (χ1) is 10.7. The molecule has 0 bridgehead atoms. The molecule has 5 heteroatoms. The molecule has 1 aromatic carbocycles. The van der Waals surface area contributed by atoms with E-state index in [2.05, 4.69) is 12.2 Å². The molecule has 22 heavy (non-hydrogen) atoms. The van der Waals surface area contributed by atoms with E-state index in [9.17, 15) is 9.59 Å². The SMILES string of the molecule is O=C(OCC1CC=CCC1)c1cccc(N2CCOC2=O)c1. The Hall–Kier alpha value is -2.30. The smallest absolute Gasteiger partial charge is 0.414 e. The van der Waals surface area contributed by atoms with Crippen LogP contribution in [0.2, 0.25) is 0 Å². The van der Waals surface area contributed by atoms with Crippen LogP contribution in [0.1, 0.15) is 29.6 Å². The Morgan fingerprint density at radius 1 is 1.36 bits per heavy atom. The maximum Gasteiger partial charge on any atom is 0.414 e. The highest BCUT2D eigenvalue weighted by Gasteiger charge is 2.24. The number of allylic oxidation sites excluding steroid dienone is 2. The summed E-state index contributed by atoms with van der Waals surface area (Å²) in [5.74, 6) is 0.0645. The number of benzene rings is 1. The van der Waals surface area contributed by atoms with Crippen LogP contribution in [0.5, 0.6) is 0 Å². The molecule has 0 N–H and O–H groups in total. The van der Waals surface area contributed by atoms with Gasteiger partial charge in [-0.1, -0.05) is 18.2 Å². The van der Waals surface area contributed by atoms with Crippen LogP contribution in [-0.4, -0.2) is 31.8 Å². The van der Waals surface area contributed by atoms with Gasteiger partial charge in [-0.3, -0.25) is 4.90 Å². The molecular formula is C17H19NO4. The molecule has 0 spiro atoms. The number of cyclic esters (lactones) is 1. The minimum Gasteiger partial charge on any atom is -0.462 e. The minimum absolute atomic E-state index is 0.344. The van der Waals surface area contributed by atoms with Crippen LogP contribution < -0.4 is 4.90 Å². The third-order valence-electron chi connectivity index (χ3n) is 3.98. The van der Waals surface area contributed by atoms with Crippen molar-refractivity contribution in [1.29, 1.82) is 0 Å². The lowest BCUT2D eigenvalue weighted by Crippen LogP contribution is -2.23. The molecule has 0 aromatic heterocycles. The van der Waals surface area contributed by atoms with Crippen LogP contribution in [0.15, 0.2) is 36.4 Å². The van der Waals surface area contributed by atoms with Crippen molar-refractivity contribution >= 4 is 17.7 Å². The van der Waals surface area contributed by atoms with Gasteiger partial charge in [-0.15, -0.1) is 0 Å². The van der Waals surface area contributed by atoms with Crippen molar-refractivity contribution in [3.8, 4) is 0 Å². The number of rotatable bonds is 4. The Morgan fingerprint density at radius 2 is 2.27 bits per heavy atom. The highest BCUT2D eigenvalue weighted by molar-refractivity contribution is 5.94. The number of amides is 1.